The molecule has 4 nitrogen and oxygen atoms in total. The molecule has 2 aliphatic rings. The Morgan fingerprint density at radius 3 is 2.67 bits per heavy atom. The highest BCUT2D eigenvalue weighted by molar-refractivity contribution is 6.43. The average Bonchev–Trinajstić information content (AvgIpc) is 2.76. The number of fused-ring (bicyclic) bond motifs is 1. The Labute approximate surface area is 189 Å². The molecule has 6 heteroatoms. The van der Waals surface area contributed by atoms with Crippen LogP contribution in [-0.4, -0.2) is 44.2 Å². The fraction of sp³-hybridized carbons (Fsp3) is 0.417. The van der Waals surface area contributed by atoms with Crippen molar-refractivity contribution in [3.63, 3.8) is 0 Å². The molecule has 2 heterocycles. The molecular formula is C24H29Cl2N3O. The van der Waals surface area contributed by atoms with E-state index in [2.05, 4.69) is 39.9 Å². The van der Waals surface area contributed by atoms with E-state index in [1.165, 1.54) is 5.56 Å². The molecule has 1 N–H and O–H groups in total. The normalized spacial score (nSPS) is 16.9. The Hall–Kier alpha value is -1.88. The van der Waals surface area contributed by atoms with Crippen molar-refractivity contribution in [2.45, 2.75) is 25.7 Å². The number of hydrogen-bond donors (Lipinski definition) is 1. The van der Waals surface area contributed by atoms with Crippen LogP contribution in [0.2, 0.25) is 10.0 Å². The number of unbranched alkanes of at least 4 members (excludes halogenated alkanes) is 1. The van der Waals surface area contributed by atoms with Gasteiger partial charge in [0.15, 0.2) is 0 Å². The van der Waals surface area contributed by atoms with Crippen molar-refractivity contribution < 1.29 is 4.74 Å². The van der Waals surface area contributed by atoms with Gasteiger partial charge in [-0.05, 0) is 56.0 Å². The minimum Gasteiger partial charge on any atom is -0.494 e. The zero-order chi connectivity index (χ0) is 20.9. The molecule has 0 bridgehead atoms. The number of nitrogens with one attached hydrogen (secondary N) is 1. The first-order valence-electron chi connectivity index (χ1n) is 10.7. The van der Waals surface area contributed by atoms with E-state index < -0.39 is 0 Å². The number of anilines is 2. The van der Waals surface area contributed by atoms with Gasteiger partial charge in [-0.15, -0.1) is 0 Å². The predicted octanol–water partition coefficient (Wildman–Crippen LogP) is 5.85. The van der Waals surface area contributed by atoms with Crippen molar-refractivity contribution in [3.05, 3.63) is 64.3 Å². The number of aryl methyl sites for hydroxylation is 1. The average molecular weight is 446 g/mol. The van der Waals surface area contributed by atoms with Gasteiger partial charge in [0.2, 0.25) is 0 Å². The number of benzene rings is 2. The van der Waals surface area contributed by atoms with Gasteiger partial charge >= 0.3 is 0 Å². The molecular weight excluding hydrogens is 417 g/mol. The second kappa shape index (κ2) is 9.95. The minimum absolute atomic E-state index is 0.622. The van der Waals surface area contributed by atoms with Gasteiger partial charge in [-0.3, -0.25) is 4.90 Å². The van der Waals surface area contributed by atoms with E-state index >= 15 is 0 Å². The van der Waals surface area contributed by atoms with Crippen LogP contribution in [0.4, 0.5) is 11.4 Å². The van der Waals surface area contributed by atoms with E-state index in [0.29, 0.717) is 10.0 Å². The number of ether oxygens (including phenoxy) is 1. The molecule has 1 saturated heterocycles. The summed E-state index contributed by atoms with van der Waals surface area (Å²) in [5.74, 6) is 0.933. The van der Waals surface area contributed by atoms with Gasteiger partial charge in [0.25, 0.3) is 0 Å². The summed E-state index contributed by atoms with van der Waals surface area (Å²) in [4.78, 5) is 4.84. The molecule has 0 spiro atoms. The van der Waals surface area contributed by atoms with Gasteiger partial charge in [0.1, 0.15) is 5.75 Å². The van der Waals surface area contributed by atoms with E-state index in [-0.39, 0.29) is 0 Å². The van der Waals surface area contributed by atoms with Gasteiger partial charge in [0.05, 0.1) is 22.3 Å². The number of nitrogens with zero attached hydrogens (tertiary/aromatic N) is 2. The zero-order valence-corrected chi connectivity index (χ0v) is 18.8. The molecule has 2 aromatic rings. The molecule has 2 aliphatic heterocycles. The highest BCUT2D eigenvalue weighted by Crippen LogP contribution is 2.33. The number of allylic oxidation sites excluding steroid dienone is 1. The first-order chi connectivity index (χ1) is 14.6. The Kier molecular flexibility index (Phi) is 7.08. The summed E-state index contributed by atoms with van der Waals surface area (Å²) in [6, 6.07) is 12.2. The molecule has 2 aromatic carbocycles. The van der Waals surface area contributed by atoms with Crippen molar-refractivity contribution >= 4 is 34.6 Å². The molecule has 160 valence electrons. The Morgan fingerprint density at radius 1 is 1.00 bits per heavy atom. The lowest BCUT2D eigenvalue weighted by Crippen LogP contribution is -2.46. The predicted molar refractivity (Wildman–Crippen MR) is 127 cm³/mol. The van der Waals surface area contributed by atoms with Crippen LogP contribution < -0.4 is 15.0 Å². The number of rotatable bonds is 7. The first-order valence-corrected chi connectivity index (χ1v) is 11.5. The fourth-order valence-corrected chi connectivity index (χ4v) is 4.51. The topological polar surface area (TPSA) is 27.7 Å². The Balaban J connectivity index is 1.15. The van der Waals surface area contributed by atoms with Crippen molar-refractivity contribution in [1.29, 1.82) is 0 Å². The van der Waals surface area contributed by atoms with Crippen LogP contribution in [0.1, 0.15) is 24.8 Å². The van der Waals surface area contributed by atoms with Crippen molar-refractivity contribution in [2.75, 3.05) is 49.5 Å². The maximum atomic E-state index is 6.37. The van der Waals surface area contributed by atoms with Gasteiger partial charge in [-0.25, -0.2) is 0 Å². The smallest absolute Gasteiger partial charge is 0.121 e. The van der Waals surface area contributed by atoms with Crippen LogP contribution in [0.3, 0.4) is 0 Å². The van der Waals surface area contributed by atoms with Crippen LogP contribution >= 0.6 is 23.2 Å². The van der Waals surface area contributed by atoms with E-state index in [4.69, 9.17) is 27.9 Å². The third kappa shape index (κ3) is 5.23. The quantitative estimate of drug-likeness (QED) is 0.541. The highest BCUT2D eigenvalue weighted by Gasteiger charge is 2.19. The largest absolute Gasteiger partial charge is 0.494 e. The minimum atomic E-state index is 0.622. The van der Waals surface area contributed by atoms with Crippen LogP contribution in [-0.2, 0) is 6.42 Å². The molecule has 0 aliphatic carbocycles. The molecule has 0 radical (unpaired) electrons. The van der Waals surface area contributed by atoms with Gasteiger partial charge in [-0.1, -0.05) is 41.9 Å². The van der Waals surface area contributed by atoms with Gasteiger partial charge in [-0.2, -0.15) is 0 Å². The maximum Gasteiger partial charge on any atom is 0.121 e. The molecule has 30 heavy (non-hydrogen) atoms. The number of piperazine rings is 1. The van der Waals surface area contributed by atoms with Gasteiger partial charge in [0, 0.05) is 43.6 Å². The second-order valence-electron chi connectivity index (χ2n) is 8.00. The lowest BCUT2D eigenvalue weighted by Gasteiger charge is -2.36. The van der Waals surface area contributed by atoms with Crippen LogP contribution in [0.5, 0.6) is 5.75 Å². The Morgan fingerprint density at radius 2 is 1.83 bits per heavy atom. The summed E-state index contributed by atoms with van der Waals surface area (Å²) in [7, 11) is 0. The van der Waals surface area contributed by atoms with Gasteiger partial charge < -0.3 is 15.0 Å². The zero-order valence-electron chi connectivity index (χ0n) is 17.3. The molecule has 0 amide bonds. The molecule has 1 fully saturated rings. The van der Waals surface area contributed by atoms with E-state index in [1.807, 2.05) is 18.2 Å². The summed E-state index contributed by atoms with van der Waals surface area (Å²) in [6.45, 7) is 9.93. The third-order valence-electron chi connectivity index (χ3n) is 5.87. The second-order valence-corrected chi connectivity index (χ2v) is 8.79. The summed E-state index contributed by atoms with van der Waals surface area (Å²) in [5.41, 5.74) is 4.60. The SMILES string of the molecule is C=C1CCc2ccc(OCCCCN3CCN(c4cccc(Cl)c4Cl)CC3)cc2N1. The number of hydrogen-bond acceptors (Lipinski definition) is 4. The summed E-state index contributed by atoms with van der Waals surface area (Å²) < 4.78 is 5.97. The summed E-state index contributed by atoms with van der Waals surface area (Å²) >= 11 is 12.5. The number of halogens is 2. The monoisotopic (exact) mass is 445 g/mol. The van der Waals surface area contributed by atoms with Crippen molar-refractivity contribution in [3.8, 4) is 5.75 Å². The summed E-state index contributed by atoms with van der Waals surface area (Å²) in [5, 5.41) is 4.65. The van der Waals surface area contributed by atoms with Crippen LogP contribution in [0.15, 0.2) is 48.7 Å². The van der Waals surface area contributed by atoms with E-state index in [0.717, 1.165) is 87.8 Å². The maximum absolute atomic E-state index is 6.37. The molecule has 0 unspecified atom stereocenters. The van der Waals surface area contributed by atoms with Crippen LogP contribution in [0.25, 0.3) is 0 Å². The highest BCUT2D eigenvalue weighted by atomic mass is 35.5. The molecule has 0 aromatic heterocycles. The van der Waals surface area contributed by atoms with Crippen LogP contribution in [0, 0.1) is 0 Å². The van der Waals surface area contributed by atoms with Crippen molar-refractivity contribution in [2.24, 2.45) is 0 Å². The first kappa shape index (κ1) is 21.4. The third-order valence-corrected chi connectivity index (χ3v) is 6.68. The standard InChI is InChI=1S/C24H29Cl2N3O/c1-18-7-8-19-9-10-20(17-22(19)27-18)30-16-3-2-11-28-12-14-29(15-13-28)23-6-4-5-21(25)24(23)26/h4-6,9-10,17,27H,1-3,7-8,11-16H2. The Bertz CT molecular complexity index is 894. The molecule has 4 rings (SSSR count). The van der Waals surface area contributed by atoms with E-state index in [9.17, 15) is 0 Å². The molecule has 0 atom stereocenters. The lowest BCUT2D eigenvalue weighted by atomic mass is 10.0. The summed E-state index contributed by atoms with van der Waals surface area (Å²) in [6.07, 6.45) is 4.25. The van der Waals surface area contributed by atoms with Crippen molar-refractivity contribution in [1.82, 2.24) is 4.90 Å². The fourth-order valence-electron chi connectivity index (χ4n) is 4.09. The molecule has 0 saturated carbocycles. The lowest BCUT2D eigenvalue weighted by molar-refractivity contribution is 0.238. The van der Waals surface area contributed by atoms with E-state index in [1.54, 1.807) is 0 Å².